The van der Waals surface area contributed by atoms with Crippen molar-refractivity contribution >= 4 is 21.1 Å². The molecule has 116 valence electrons. The first kappa shape index (κ1) is 15.7. The first-order chi connectivity index (χ1) is 9.95. The van der Waals surface area contributed by atoms with Crippen molar-refractivity contribution in [2.24, 2.45) is 7.05 Å². The first-order valence-electron chi connectivity index (χ1n) is 6.23. The van der Waals surface area contributed by atoms with E-state index in [0.717, 1.165) is 0 Å². The molecule has 0 unspecified atom stereocenters. The largest absolute Gasteiger partial charge is 0.419 e. The van der Waals surface area contributed by atoms with Gasteiger partial charge in [-0.3, -0.25) is 4.57 Å². The minimum atomic E-state index is -3.71. The molecule has 0 saturated heterocycles. The number of aliphatic hydroxyl groups is 1. The Morgan fingerprint density at radius 3 is 2.86 bits per heavy atom. The van der Waals surface area contributed by atoms with Crippen molar-refractivity contribution < 1.29 is 22.7 Å². The number of benzene rings is 1. The van der Waals surface area contributed by atoms with E-state index >= 15 is 0 Å². The third-order valence-electron chi connectivity index (χ3n) is 2.85. The Bertz CT molecular complexity index is 777. The van der Waals surface area contributed by atoms with Crippen molar-refractivity contribution in [3.05, 3.63) is 28.7 Å². The highest BCUT2D eigenvalue weighted by Crippen LogP contribution is 2.17. The summed E-state index contributed by atoms with van der Waals surface area (Å²) in [6.45, 7) is 0.279. The normalized spacial score (nSPS) is 12.1. The Kier molecular flexibility index (Phi) is 4.78. The zero-order valence-corrected chi connectivity index (χ0v) is 12.2. The molecule has 9 heteroatoms. The van der Waals surface area contributed by atoms with E-state index in [0.29, 0.717) is 5.52 Å². The number of aliphatic hydroxyl groups excluding tert-OH is 1. The maximum atomic E-state index is 12.1. The predicted octanol–water partition coefficient (Wildman–Crippen LogP) is -0.581. The highest BCUT2D eigenvalue weighted by atomic mass is 32.2. The van der Waals surface area contributed by atoms with Gasteiger partial charge in [0.25, 0.3) is 0 Å². The monoisotopic (exact) mass is 316 g/mol. The molecule has 0 radical (unpaired) electrons. The fraction of sp³-hybridized carbons (Fsp3) is 0.417. The molecular weight excluding hydrogens is 300 g/mol. The molecule has 21 heavy (non-hydrogen) atoms. The van der Waals surface area contributed by atoms with Gasteiger partial charge in [-0.15, -0.1) is 0 Å². The topological polar surface area (TPSA) is 111 Å². The van der Waals surface area contributed by atoms with Gasteiger partial charge in [-0.25, -0.2) is 17.9 Å². The molecule has 0 fully saturated rings. The van der Waals surface area contributed by atoms with Gasteiger partial charge in [0.1, 0.15) is 0 Å². The quantitative estimate of drug-likeness (QED) is 0.661. The molecule has 0 amide bonds. The van der Waals surface area contributed by atoms with Crippen molar-refractivity contribution in [2.75, 3.05) is 26.4 Å². The molecule has 0 atom stereocenters. The van der Waals surface area contributed by atoms with Gasteiger partial charge in [-0.2, -0.15) is 0 Å². The zero-order valence-electron chi connectivity index (χ0n) is 11.4. The smallest absolute Gasteiger partial charge is 0.408 e. The zero-order chi connectivity index (χ0) is 15.5. The van der Waals surface area contributed by atoms with Crippen LogP contribution in [0.25, 0.3) is 11.1 Å². The predicted molar refractivity (Wildman–Crippen MR) is 74.5 cm³/mol. The number of oxazole rings is 1. The molecule has 0 aliphatic carbocycles. The SMILES string of the molecule is Cn1c(=O)oc2cc(S(=O)(=O)NCCOCCO)ccc21. The molecule has 0 aliphatic heterocycles. The van der Waals surface area contributed by atoms with Gasteiger partial charge in [-0.05, 0) is 12.1 Å². The maximum Gasteiger partial charge on any atom is 0.419 e. The number of hydrogen-bond acceptors (Lipinski definition) is 6. The maximum absolute atomic E-state index is 12.1. The second-order valence-corrected chi connectivity index (χ2v) is 6.06. The van der Waals surface area contributed by atoms with E-state index in [9.17, 15) is 13.2 Å². The summed E-state index contributed by atoms with van der Waals surface area (Å²) in [6, 6.07) is 4.21. The van der Waals surface area contributed by atoms with E-state index in [-0.39, 0.29) is 36.8 Å². The van der Waals surface area contributed by atoms with Crippen molar-refractivity contribution in [3.63, 3.8) is 0 Å². The van der Waals surface area contributed by atoms with Crippen LogP contribution in [0.15, 0.2) is 32.3 Å². The molecule has 1 aromatic carbocycles. The average molecular weight is 316 g/mol. The van der Waals surface area contributed by atoms with Crippen LogP contribution in [-0.4, -0.2) is 44.5 Å². The summed E-state index contributed by atoms with van der Waals surface area (Å²) in [4.78, 5) is 11.4. The summed E-state index contributed by atoms with van der Waals surface area (Å²) in [5, 5.41) is 8.53. The van der Waals surface area contributed by atoms with Crippen LogP contribution in [0.2, 0.25) is 0 Å². The van der Waals surface area contributed by atoms with E-state index in [1.807, 2.05) is 0 Å². The van der Waals surface area contributed by atoms with Gasteiger partial charge in [0.05, 0.1) is 30.2 Å². The lowest BCUT2D eigenvalue weighted by molar-refractivity contribution is 0.0961. The van der Waals surface area contributed by atoms with Gasteiger partial charge >= 0.3 is 5.76 Å². The second-order valence-electron chi connectivity index (χ2n) is 4.29. The van der Waals surface area contributed by atoms with Gasteiger partial charge in [0, 0.05) is 19.7 Å². The highest BCUT2D eigenvalue weighted by molar-refractivity contribution is 7.89. The third-order valence-corrected chi connectivity index (χ3v) is 4.31. The van der Waals surface area contributed by atoms with Crippen molar-refractivity contribution in [1.82, 2.24) is 9.29 Å². The highest BCUT2D eigenvalue weighted by Gasteiger charge is 2.16. The number of hydrogen-bond donors (Lipinski definition) is 2. The van der Waals surface area contributed by atoms with Crippen molar-refractivity contribution in [2.45, 2.75) is 4.90 Å². The lowest BCUT2D eigenvalue weighted by Crippen LogP contribution is -2.27. The number of aryl methyl sites for hydroxylation is 1. The minimum absolute atomic E-state index is 0.00603. The summed E-state index contributed by atoms with van der Waals surface area (Å²) in [5.41, 5.74) is 0.729. The number of sulfonamides is 1. The van der Waals surface area contributed by atoms with Crippen LogP contribution in [0.4, 0.5) is 0 Å². The molecule has 2 rings (SSSR count). The molecule has 8 nitrogen and oxygen atoms in total. The molecule has 0 spiro atoms. The minimum Gasteiger partial charge on any atom is -0.408 e. The molecule has 0 bridgehead atoms. The van der Waals surface area contributed by atoms with E-state index in [4.69, 9.17) is 14.3 Å². The molecule has 2 aromatic rings. The van der Waals surface area contributed by atoms with Crippen LogP contribution in [0, 0.1) is 0 Å². The number of rotatable bonds is 7. The van der Waals surface area contributed by atoms with E-state index in [2.05, 4.69) is 4.72 Å². The number of aromatic nitrogens is 1. The number of nitrogens with zero attached hydrogens (tertiary/aromatic N) is 1. The van der Waals surface area contributed by atoms with Gasteiger partial charge < -0.3 is 14.3 Å². The Morgan fingerprint density at radius 2 is 2.14 bits per heavy atom. The molecule has 0 saturated carbocycles. The molecule has 0 aliphatic rings. The van der Waals surface area contributed by atoms with Gasteiger partial charge in [0.15, 0.2) is 5.58 Å². The number of fused-ring (bicyclic) bond motifs is 1. The van der Waals surface area contributed by atoms with E-state index < -0.39 is 15.8 Å². The Hall–Kier alpha value is -1.68. The van der Waals surface area contributed by atoms with Crippen LogP contribution in [-0.2, 0) is 21.8 Å². The van der Waals surface area contributed by atoms with Crippen LogP contribution in [0.5, 0.6) is 0 Å². The van der Waals surface area contributed by atoms with E-state index in [1.54, 1.807) is 7.05 Å². The standard InChI is InChI=1S/C12H16N2O6S/c1-14-10-3-2-9(8-11(10)20-12(14)16)21(17,18)13-4-6-19-7-5-15/h2-3,8,13,15H,4-7H2,1H3. The fourth-order valence-electron chi connectivity index (χ4n) is 1.78. The summed E-state index contributed by atoms with van der Waals surface area (Å²) in [5.74, 6) is -0.551. The van der Waals surface area contributed by atoms with Crippen LogP contribution >= 0.6 is 0 Å². The molecule has 1 heterocycles. The van der Waals surface area contributed by atoms with E-state index in [1.165, 1.54) is 22.8 Å². The first-order valence-corrected chi connectivity index (χ1v) is 7.72. The Balaban J connectivity index is 2.14. The number of ether oxygens (including phenoxy) is 1. The average Bonchev–Trinajstić information content (AvgIpc) is 2.73. The van der Waals surface area contributed by atoms with Crippen LogP contribution < -0.4 is 10.5 Å². The summed E-state index contributed by atoms with van der Waals surface area (Å²) < 4.78 is 37.7. The summed E-state index contributed by atoms with van der Waals surface area (Å²) in [7, 11) is -2.17. The van der Waals surface area contributed by atoms with Crippen molar-refractivity contribution in [3.8, 4) is 0 Å². The Morgan fingerprint density at radius 1 is 1.38 bits per heavy atom. The lowest BCUT2D eigenvalue weighted by atomic mass is 10.3. The molecule has 2 N–H and O–H groups in total. The lowest BCUT2D eigenvalue weighted by Gasteiger charge is -2.07. The van der Waals surface area contributed by atoms with Gasteiger partial charge in [0.2, 0.25) is 10.0 Å². The summed E-state index contributed by atoms with van der Waals surface area (Å²) >= 11 is 0. The van der Waals surface area contributed by atoms with Crippen LogP contribution in [0.3, 0.4) is 0 Å². The van der Waals surface area contributed by atoms with Crippen molar-refractivity contribution in [1.29, 1.82) is 0 Å². The third kappa shape index (κ3) is 3.50. The number of nitrogens with one attached hydrogen (secondary N) is 1. The molecular formula is C12H16N2O6S. The Labute approximate surface area is 121 Å². The molecule has 1 aromatic heterocycles. The van der Waals surface area contributed by atoms with Crippen LogP contribution in [0.1, 0.15) is 0 Å². The second kappa shape index (κ2) is 6.39. The van der Waals surface area contributed by atoms with Gasteiger partial charge in [-0.1, -0.05) is 0 Å². The summed E-state index contributed by atoms with van der Waals surface area (Å²) in [6.07, 6.45) is 0. The fourth-order valence-corrected chi connectivity index (χ4v) is 2.81.